The molecule has 5 heteroatoms. The Bertz CT molecular complexity index is 765. The van der Waals surface area contributed by atoms with Crippen molar-refractivity contribution in [3.8, 4) is 5.75 Å². The van der Waals surface area contributed by atoms with Crippen LogP contribution in [0.4, 0.5) is 0 Å². The first kappa shape index (κ1) is 18.0. The van der Waals surface area contributed by atoms with Gasteiger partial charge in [0.1, 0.15) is 24.0 Å². The van der Waals surface area contributed by atoms with E-state index in [1.54, 1.807) is 12.1 Å². The van der Waals surface area contributed by atoms with Gasteiger partial charge < -0.3 is 19.0 Å². The highest BCUT2D eigenvalue weighted by atomic mass is 16.5. The molecule has 1 heterocycles. The van der Waals surface area contributed by atoms with Crippen molar-refractivity contribution in [1.29, 1.82) is 0 Å². The van der Waals surface area contributed by atoms with E-state index in [2.05, 4.69) is 6.92 Å². The summed E-state index contributed by atoms with van der Waals surface area (Å²) in [6.07, 6.45) is 5.07. The van der Waals surface area contributed by atoms with Crippen molar-refractivity contribution in [2.75, 3.05) is 19.8 Å². The zero-order valence-corrected chi connectivity index (χ0v) is 14.8. The summed E-state index contributed by atoms with van der Waals surface area (Å²) in [4.78, 5) is 12.2. The average molecular weight is 346 g/mol. The van der Waals surface area contributed by atoms with Gasteiger partial charge in [-0.3, -0.25) is 0 Å². The Hall–Kier alpha value is -1.85. The Labute approximate surface area is 147 Å². The molecule has 136 valence electrons. The lowest BCUT2D eigenvalue weighted by Crippen LogP contribution is -2.24. The molecule has 1 atom stereocenters. The Morgan fingerprint density at radius 1 is 1.20 bits per heavy atom. The van der Waals surface area contributed by atoms with Gasteiger partial charge in [0, 0.05) is 12.2 Å². The molecule has 25 heavy (non-hydrogen) atoms. The molecule has 1 aliphatic rings. The molecule has 0 radical (unpaired) electrons. The lowest BCUT2D eigenvalue weighted by Gasteiger charge is -2.19. The number of fused-ring (bicyclic) bond motifs is 3. The highest BCUT2D eigenvalue weighted by Gasteiger charge is 2.20. The van der Waals surface area contributed by atoms with Crippen LogP contribution in [0.25, 0.3) is 11.0 Å². The van der Waals surface area contributed by atoms with Gasteiger partial charge in [0.2, 0.25) is 0 Å². The van der Waals surface area contributed by atoms with Crippen LogP contribution in [-0.4, -0.2) is 31.0 Å². The van der Waals surface area contributed by atoms with Crippen molar-refractivity contribution < 1.29 is 19.0 Å². The number of hydrogen-bond donors (Lipinski definition) is 1. The predicted octanol–water partition coefficient (Wildman–Crippen LogP) is 3.23. The highest BCUT2D eigenvalue weighted by molar-refractivity contribution is 5.87. The quantitative estimate of drug-likeness (QED) is 0.587. The number of aryl methyl sites for hydroxylation is 1. The van der Waals surface area contributed by atoms with Gasteiger partial charge in [-0.25, -0.2) is 4.79 Å². The Morgan fingerprint density at radius 3 is 2.80 bits per heavy atom. The third-order valence-corrected chi connectivity index (χ3v) is 4.59. The second-order valence-electron chi connectivity index (χ2n) is 6.58. The van der Waals surface area contributed by atoms with Crippen LogP contribution in [0.1, 0.15) is 43.7 Å². The van der Waals surface area contributed by atoms with Gasteiger partial charge in [-0.2, -0.15) is 0 Å². The summed E-state index contributed by atoms with van der Waals surface area (Å²) in [5, 5.41) is 10.9. The van der Waals surface area contributed by atoms with Gasteiger partial charge in [0.05, 0.1) is 12.0 Å². The predicted molar refractivity (Wildman–Crippen MR) is 96.4 cm³/mol. The van der Waals surface area contributed by atoms with Crippen LogP contribution in [-0.2, 0) is 17.6 Å². The fourth-order valence-corrected chi connectivity index (χ4v) is 3.28. The van der Waals surface area contributed by atoms with Crippen molar-refractivity contribution >= 4 is 11.0 Å². The average Bonchev–Trinajstić information content (AvgIpc) is 2.63. The fourth-order valence-electron chi connectivity index (χ4n) is 3.28. The summed E-state index contributed by atoms with van der Waals surface area (Å²) < 4.78 is 16.8. The summed E-state index contributed by atoms with van der Waals surface area (Å²) in [5.41, 5.74) is 2.14. The van der Waals surface area contributed by atoms with Gasteiger partial charge in [-0.15, -0.1) is 0 Å². The monoisotopic (exact) mass is 346 g/mol. The first-order valence-corrected chi connectivity index (χ1v) is 9.17. The minimum absolute atomic E-state index is 0.152. The van der Waals surface area contributed by atoms with Crippen molar-refractivity contribution in [1.82, 2.24) is 0 Å². The lowest BCUT2D eigenvalue weighted by molar-refractivity contribution is 0.0116. The van der Waals surface area contributed by atoms with Gasteiger partial charge >= 0.3 is 5.63 Å². The molecule has 3 rings (SSSR count). The zero-order valence-electron chi connectivity index (χ0n) is 14.8. The Balaban J connectivity index is 1.77. The molecule has 0 saturated heterocycles. The molecule has 0 saturated carbocycles. The summed E-state index contributed by atoms with van der Waals surface area (Å²) in [5.74, 6) is 0.659. The van der Waals surface area contributed by atoms with Crippen molar-refractivity contribution in [2.45, 2.75) is 51.6 Å². The summed E-state index contributed by atoms with van der Waals surface area (Å²) in [6, 6.07) is 5.46. The summed E-state index contributed by atoms with van der Waals surface area (Å²) in [6.45, 7) is 3.17. The third kappa shape index (κ3) is 4.22. The van der Waals surface area contributed by atoms with Gasteiger partial charge in [0.15, 0.2) is 0 Å². The molecule has 0 spiro atoms. The first-order valence-electron chi connectivity index (χ1n) is 9.17. The molecule has 5 nitrogen and oxygen atoms in total. The maximum Gasteiger partial charge on any atom is 0.339 e. The SMILES string of the molecule is CCCCOCC(O)COc1cccc2oc(=O)c3c(c12)CCCC3. The van der Waals surface area contributed by atoms with E-state index >= 15 is 0 Å². The Morgan fingerprint density at radius 2 is 2.00 bits per heavy atom. The standard InChI is InChI=1S/C20H26O5/c1-2-3-11-23-12-14(21)13-24-17-9-6-10-18-19(17)15-7-4-5-8-16(15)20(22)25-18/h6,9-10,14,21H,2-5,7-8,11-13H2,1H3. The molecule has 0 fully saturated rings. The van der Waals surface area contributed by atoms with Crippen molar-refractivity contribution in [3.05, 3.63) is 39.7 Å². The van der Waals surface area contributed by atoms with E-state index in [1.165, 1.54) is 0 Å². The molecular weight excluding hydrogens is 320 g/mol. The molecule has 1 unspecified atom stereocenters. The van der Waals surface area contributed by atoms with E-state index < -0.39 is 6.10 Å². The van der Waals surface area contributed by atoms with Crippen molar-refractivity contribution in [2.24, 2.45) is 0 Å². The van der Waals surface area contributed by atoms with Crippen LogP contribution in [0.2, 0.25) is 0 Å². The first-order chi connectivity index (χ1) is 12.2. The largest absolute Gasteiger partial charge is 0.490 e. The number of unbranched alkanes of at least 4 members (excludes halogenated alkanes) is 1. The molecular formula is C20H26O5. The molecule has 0 aliphatic heterocycles. The molecule has 1 aromatic heterocycles. The van der Waals surface area contributed by atoms with Crippen LogP contribution in [0.3, 0.4) is 0 Å². The number of hydrogen-bond acceptors (Lipinski definition) is 5. The summed E-state index contributed by atoms with van der Waals surface area (Å²) in [7, 11) is 0. The fraction of sp³-hybridized carbons (Fsp3) is 0.550. The van der Waals surface area contributed by atoms with Crippen LogP contribution < -0.4 is 10.4 Å². The maximum absolute atomic E-state index is 12.2. The zero-order chi connectivity index (χ0) is 17.6. The minimum Gasteiger partial charge on any atom is -0.490 e. The molecule has 1 N–H and O–H groups in total. The lowest BCUT2D eigenvalue weighted by atomic mass is 9.90. The second kappa shape index (κ2) is 8.50. The normalized spacial score (nSPS) is 15.1. The molecule has 2 aromatic rings. The van der Waals surface area contributed by atoms with E-state index in [-0.39, 0.29) is 18.8 Å². The molecule has 1 aromatic carbocycles. The van der Waals surface area contributed by atoms with Gasteiger partial charge in [0.25, 0.3) is 0 Å². The second-order valence-corrected chi connectivity index (χ2v) is 6.58. The van der Waals surface area contributed by atoms with Crippen LogP contribution in [0.15, 0.2) is 27.4 Å². The Kier molecular flexibility index (Phi) is 6.10. The number of ether oxygens (including phenoxy) is 2. The number of aliphatic hydroxyl groups is 1. The van der Waals surface area contributed by atoms with Gasteiger partial charge in [-0.1, -0.05) is 19.4 Å². The molecule has 1 aliphatic carbocycles. The van der Waals surface area contributed by atoms with E-state index in [9.17, 15) is 9.90 Å². The number of aliphatic hydroxyl groups excluding tert-OH is 1. The van der Waals surface area contributed by atoms with Crippen LogP contribution in [0, 0.1) is 0 Å². The molecule has 0 bridgehead atoms. The van der Waals surface area contributed by atoms with E-state index in [1.807, 2.05) is 6.07 Å². The van der Waals surface area contributed by atoms with E-state index in [4.69, 9.17) is 13.9 Å². The van der Waals surface area contributed by atoms with E-state index in [0.29, 0.717) is 17.9 Å². The molecule has 0 amide bonds. The third-order valence-electron chi connectivity index (χ3n) is 4.59. The summed E-state index contributed by atoms with van der Waals surface area (Å²) >= 11 is 0. The topological polar surface area (TPSA) is 68.9 Å². The van der Waals surface area contributed by atoms with Crippen molar-refractivity contribution in [3.63, 3.8) is 0 Å². The van der Waals surface area contributed by atoms with Gasteiger partial charge in [-0.05, 0) is 49.8 Å². The van der Waals surface area contributed by atoms with Crippen LogP contribution in [0.5, 0.6) is 5.75 Å². The highest BCUT2D eigenvalue weighted by Crippen LogP contribution is 2.33. The smallest absolute Gasteiger partial charge is 0.339 e. The number of rotatable bonds is 8. The maximum atomic E-state index is 12.2. The van der Waals surface area contributed by atoms with E-state index in [0.717, 1.165) is 55.0 Å². The van der Waals surface area contributed by atoms with Crippen LogP contribution >= 0.6 is 0 Å². The minimum atomic E-state index is -0.682. The number of benzene rings is 1.